The maximum atomic E-state index is 12.6. The minimum Gasteiger partial charge on any atom is -0.454 e. The third-order valence-corrected chi connectivity index (χ3v) is 3.22. The largest absolute Gasteiger partial charge is 0.454 e. The number of carbonyl (C=O) groups is 1. The second kappa shape index (κ2) is 7.25. The molecule has 1 aliphatic rings. The Balaban J connectivity index is 1.67. The normalized spacial score (nSPS) is 12.7. The van der Waals surface area contributed by atoms with Crippen molar-refractivity contribution >= 4 is 11.9 Å². The first-order valence-corrected chi connectivity index (χ1v) is 7.10. The molecule has 0 radical (unpaired) electrons. The van der Waals surface area contributed by atoms with E-state index in [0.29, 0.717) is 17.1 Å². The van der Waals surface area contributed by atoms with E-state index in [1.165, 1.54) is 6.07 Å². The number of alkyl halides is 2. The number of amides is 1. The van der Waals surface area contributed by atoms with Gasteiger partial charge in [0.2, 0.25) is 12.7 Å². The number of fused-ring (bicyclic) bond motifs is 1. The summed E-state index contributed by atoms with van der Waals surface area (Å²) in [5, 5.41) is 15.2. The van der Waals surface area contributed by atoms with Crippen molar-refractivity contribution in [3.63, 3.8) is 0 Å². The maximum absolute atomic E-state index is 12.6. The van der Waals surface area contributed by atoms with Crippen LogP contribution in [0.4, 0.5) is 14.7 Å². The number of halogens is 2. The molecule has 2 aromatic rings. The number of benzene rings is 1. The van der Waals surface area contributed by atoms with Crippen molar-refractivity contribution in [2.45, 2.75) is 13.2 Å². The lowest BCUT2D eigenvalue weighted by Crippen LogP contribution is -2.30. The van der Waals surface area contributed by atoms with Crippen LogP contribution in [0.25, 0.3) is 0 Å². The van der Waals surface area contributed by atoms with Gasteiger partial charge in [-0.15, -0.1) is 5.10 Å². The number of ether oxygens (including phenoxy) is 3. The zero-order chi connectivity index (χ0) is 17.8. The Kier molecular flexibility index (Phi) is 4.88. The fourth-order valence-electron chi connectivity index (χ4n) is 2.27. The molecular weight excluding hydrogens is 342 g/mol. The minimum absolute atomic E-state index is 0.00977. The first-order valence-electron chi connectivity index (χ1n) is 7.10. The second-order valence-electron chi connectivity index (χ2n) is 5.15. The number of nitrogens with zero attached hydrogens (tertiary/aromatic N) is 4. The van der Waals surface area contributed by atoms with Crippen LogP contribution < -0.4 is 19.5 Å². The first kappa shape index (κ1) is 16.8. The van der Waals surface area contributed by atoms with E-state index < -0.39 is 6.61 Å². The summed E-state index contributed by atoms with van der Waals surface area (Å²) in [5.74, 6) is 0.381. The quantitative estimate of drug-likeness (QED) is 0.741. The van der Waals surface area contributed by atoms with Crippen LogP contribution in [0.15, 0.2) is 12.1 Å². The number of hydrogen-bond donors (Lipinski definition) is 2. The maximum Gasteiger partial charge on any atom is 0.387 e. The molecule has 0 fully saturated rings. The lowest BCUT2D eigenvalue weighted by atomic mass is 10.1. The molecular formula is C13H14F2N6O4. The number of H-pyrrole nitrogens is 1. The number of tetrazole rings is 1. The summed E-state index contributed by atoms with van der Waals surface area (Å²) < 4.78 is 40.2. The van der Waals surface area contributed by atoms with E-state index in [-0.39, 0.29) is 37.5 Å². The molecule has 0 aliphatic carbocycles. The Morgan fingerprint density at radius 3 is 2.88 bits per heavy atom. The van der Waals surface area contributed by atoms with E-state index in [1.807, 2.05) is 0 Å². The van der Waals surface area contributed by atoms with E-state index in [4.69, 9.17) is 9.47 Å². The van der Waals surface area contributed by atoms with Crippen LogP contribution >= 0.6 is 0 Å². The van der Waals surface area contributed by atoms with Crippen LogP contribution in [0.1, 0.15) is 5.56 Å². The molecule has 0 saturated carbocycles. The molecule has 1 amide bonds. The summed E-state index contributed by atoms with van der Waals surface area (Å²) >= 11 is 0. The molecule has 1 aromatic heterocycles. The van der Waals surface area contributed by atoms with Crippen molar-refractivity contribution in [1.29, 1.82) is 0 Å². The first-order chi connectivity index (χ1) is 12.0. The van der Waals surface area contributed by atoms with E-state index in [2.05, 4.69) is 30.7 Å². The van der Waals surface area contributed by atoms with Gasteiger partial charge in [0.25, 0.3) is 5.95 Å². The summed E-state index contributed by atoms with van der Waals surface area (Å²) in [4.78, 5) is 13.5. The zero-order valence-electron chi connectivity index (χ0n) is 13.0. The number of likely N-dealkylation sites (N-methyl/N-ethyl adjacent to an activating group) is 1. The van der Waals surface area contributed by atoms with Gasteiger partial charge in [-0.05, 0) is 18.3 Å². The van der Waals surface area contributed by atoms with Crippen molar-refractivity contribution in [1.82, 2.24) is 25.5 Å². The predicted molar refractivity (Wildman–Crippen MR) is 78.3 cm³/mol. The Morgan fingerprint density at radius 1 is 1.44 bits per heavy atom. The van der Waals surface area contributed by atoms with Gasteiger partial charge in [-0.2, -0.15) is 14.0 Å². The molecule has 10 nitrogen and oxygen atoms in total. The topological polar surface area (TPSA) is 114 Å². The molecule has 1 aliphatic heterocycles. The van der Waals surface area contributed by atoms with Crippen molar-refractivity contribution in [3.8, 4) is 17.2 Å². The van der Waals surface area contributed by atoms with Crippen LogP contribution in [0.3, 0.4) is 0 Å². The van der Waals surface area contributed by atoms with Gasteiger partial charge in [0.05, 0.1) is 6.54 Å². The lowest BCUT2D eigenvalue weighted by Gasteiger charge is -2.18. The van der Waals surface area contributed by atoms with Crippen molar-refractivity contribution in [2.24, 2.45) is 0 Å². The van der Waals surface area contributed by atoms with E-state index >= 15 is 0 Å². The highest BCUT2D eigenvalue weighted by Crippen LogP contribution is 2.39. The van der Waals surface area contributed by atoms with E-state index in [0.717, 1.165) is 0 Å². The van der Waals surface area contributed by atoms with Crippen molar-refractivity contribution in [2.75, 3.05) is 25.7 Å². The van der Waals surface area contributed by atoms with Crippen LogP contribution in [-0.4, -0.2) is 58.4 Å². The minimum atomic E-state index is -2.98. The molecule has 0 bridgehead atoms. The Hall–Kier alpha value is -3.02. The molecule has 1 aromatic carbocycles. The average Bonchev–Trinajstić information content (AvgIpc) is 3.17. The third kappa shape index (κ3) is 4.29. The highest BCUT2D eigenvalue weighted by Gasteiger charge is 2.21. The number of hydrogen-bond acceptors (Lipinski definition) is 8. The van der Waals surface area contributed by atoms with Gasteiger partial charge in [0.15, 0.2) is 11.5 Å². The predicted octanol–water partition coefficient (Wildman–Crippen LogP) is 0.600. The van der Waals surface area contributed by atoms with Gasteiger partial charge < -0.3 is 14.2 Å². The van der Waals surface area contributed by atoms with Gasteiger partial charge in [-0.3, -0.25) is 15.0 Å². The monoisotopic (exact) mass is 356 g/mol. The van der Waals surface area contributed by atoms with Gasteiger partial charge in [-0.1, -0.05) is 5.10 Å². The number of aromatic nitrogens is 4. The lowest BCUT2D eigenvalue weighted by molar-refractivity contribution is -0.117. The summed E-state index contributed by atoms with van der Waals surface area (Å²) in [6.45, 7) is -2.84. The molecule has 0 spiro atoms. The SMILES string of the molecule is CN(CC(=O)Nc1nn[nH]n1)Cc1cc2c(cc1OC(F)F)OCO2. The number of anilines is 1. The highest BCUT2D eigenvalue weighted by molar-refractivity contribution is 5.90. The molecule has 0 unspecified atom stereocenters. The van der Waals surface area contributed by atoms with Crippen LogP contribution in [-0.2, 0) is 11.3 Å². The fraction of sp³-hybridized carbons (Fsp3) is 0.385. The molecule has 12 heteroatoms. The second-order valence-corrected chi connectivity index (χ2v) is 5.15. The summed E-state index contributed by atoms with van der Waals surface area (Å²) in [6, 6.07) is 2.89. The van der Waals surface area contributed by atoms with Gasteiger partial charge in [0.1, 0.15) is 5.75 Å². The standard InChI is InChI=1S/C13H14F2N6O4/c1-21(5-11(22)16-13-17-19-20-18-13)4-7-2-9-10(24-6-23-9)3-8(7)25-12(14)15/h2-3,12H,4-6H2,1H3,(H2,16,17,18,19,20,22). The fourth-order valence-corrected chi connectivity index (χ4v) is 2.27. The molecule has 25 heavy (non-hydrogen) atoms. The Bertz CT molecular complexity index is 742. The Labute approximate surface area is 140 Å². The summed E-state index contributed by atoms with van der Waals surface area (Å²) in [5.41, 5.74) is 0.430. The van der Waals surface area contributed by atoms with Crippen LogP contribution in [0, 0.1) is 0 Å². The summed E-state index contributed by atoms with van der Waals surface area (Å²) in [6.07, 6.45) is 0. The number of rotatable bonds is 7. The number of aromatic amines is 1. The van der Waals surface area contributed by atoms with E-state index in [9.17, 15) is 13.6 Å². The number of nitrogens with one attached hydrogen (secondary N) is 2. The smallest absolute Gasteiger partial charge is 0.387 e. The van der Waals surface area contributed by atoms with Gasteiger partial charge in [-0.25, -0.2) is 0 Å². The molecule has 2 heterocycles. The average molecular weight is 356 g/mol. The van der Waals surface area contributed by atoms with Gasteiger partial charge >= 0.3 is 6.61 Å². The molecule has 0 saturated heterocycles. The molecule has 2 N–H and O–H groups in total. The van der Waals surface area contributed by atoms with Crippen molar-refractivity contribution in [3.05, 3.63) is 17.7 Å². The zero-order valence-corrected chi connectivity index (χ0v) is 13.0. The number of carbonyl (C=O) groups excluding carboxylic acids is 1. The van der Waals surface area contributed by atoms with Crippen LogP contribution in [0.2, 0.25) is 0 Å². The van der Waals surface area contributed by atoms with Gasteiger partial charge in [0, 0.05) is 18.2 Å². The van der Waals surface area contributed by atoms with E-state index in [1.54, 1.807) is 18.0 Å². The summed E-state index contributed by atoms with van der Waals surface area (Å²) in [7, 11) is 1.65. The van der Waals surface area contributed by atoms with Crippen LogP contribution in [0.5, 0.6) is 17.2 Å². The molecule has 3 rings (SSSR count). The molecule has 0 atom stereocenters. The molecule has 134 valence electrons. The van der Waals surface area contributed by atoms with Crippen molar-refractivity contribution < 1.29 is 27.8 Å². The highest BCUT2D eigenvalue weighted by atomic mass is 19.3. The Morgan fingerprint density at radius 2 is 2.20 bits per heavy atom. The third-order valence-electron chi connectivity index (χ3n) is 3.22.